The van der Waals surface area contributed by atoms with Gasteiger partial charge >= 0.3 is 0 Å². The molecule has 0 aliphatic heterocycles. The Balaban J connectivity index is 2.13. The van der Waals surface area contributed by atoms with E-state index in [4.69, 9.17) is 18.0 Å². The van der Waals surface area contributed by atoms with Crippen molar-refractivity contribution in [2.75, 3.05) is 5.32 Å². The van der Waals surface area contributed by atoms with Gasteiger partial charge < -0.3 is 11.1 Å². The lowest BCUT2D eigenvalue weighted by molar-refractivity contribution is 1.52. The van der Waals surface area contributed by atoms with E-state index in [1.165, 1.54) is 0 Å². The summed E-state index contributed by atoms with van der Waals surface area (Å²) >= 11 is 8.30. The Kier molecular flexibility index (Phi) is 3.76. The molecule has 0 amide bonds. The molecule has 4 heteroatoms. The molecule has 2 nitrogen and oxygen atoms in total. The van der Waals surface area contributed by atoms with Crippen LogP contribution in [0.25, 0.3) is 0 Å². The summed E-state index contributed by atoms with van der Waals surface area (Å²) in [6, 6.07) is 15.7. The van der Waals surface area contributed by atoms with Crippen molar-refractivity contribution in [3.05, 3.63) is 58.6 Å². The molecule has 0 fully saturated rings. The second kappa shape index (κ2) is 5.29. The maximum atomic E-state index is 5.54. The van der Waals surface area contributed by atoms with Crippen LogP contribution in [-0.2, 0) is 0 Å². The van der Waals surface area contributed by atoms with Crippen molar-refractivity contribution in [2.24, 2.45) is 5.73 Å². The molecular formula is C13H11BrN2S. The molecule has 0 aliphatic carbocycles. The van der Waals surface area contributed by atoms with Crippen LogP contribution in [0.5, 0.6) is 0 Å². The van der Waals surface area contributed by atoms with Gasteiger partial charge in [-0.3, -0.25) is 0 Å². The number of rotatable bonds is 3. The molecule has 3 N–H and O–H groups in total. The van der Waals surface area contributed by atoms with E-state index in [0.29, 0.717) is 4.99 Å². The topological polar surface area (TPSA) is 38.0 Å². The van der Waals surface area contributed by atoms with Crippen molar-refractivity contribution in [1.29, 1.82) is 0 Å². The second-order valence-electron chi connectivity index (χ2n) is 3.57. The van der Waals surface area contributed by atoms with Crippen molar-refractivity contribution >= 4 is 44.5 Å². The first-order chi connectivity index (χ1) is 8.15. The fourth-order valence-corrected chi connectivity index (χ4v) is 1.82. The Labute approximate surface area is 114 Å². The lowest BCUT2D eigenvalue weighted by Gasteiger charge is -2.07. The van der Waals surface area contributed by atoms with Gasteiger partial charge in [0.05, 0.1) is 0 Å². The highest BCUT2D eigenvalue weighted by atomic mass is 79.9. The van der Waals surface area contributed by atoms with Gasteiger partial charge in [0, 0.05) is 21.4 Å². The molecule has 2 aromatic rings. The van der Waals surface area contributed by atoms with Gasteiger partial charge in [0.15, 0.2) is 0 Å². The van der Waals surface area contributed by atoms with Crippen LogP contribution >= 0.6 is 28.1 Å². The van der Waals surface area contributed by atoms with Crippen molar-refractivity contribution in [2.45, 2.75) is 0 Å². The van der Waals surface area contributed by atoms with E-state index in [9.17, 15) is 0 Å². The first kappa shape index (κ1) is 12.1. The third kappa shape index (κ3) is 3.28. The van der Waals surface area contributed by atoms with Gasteiger partial charge in [0.2, 0.25) is 0 Å². The summed E-state index contributed by atoms with van der Waals surface area (Å²) < 4.78 is 1.06. The van der Waals surface area contributed by atoms with Crippen LogP contribution in [0.15, 0.2) is 53.0 Å². The van der Waals surface area contributed by atoms with Gasteiger partial charge in [-0.05, 0) is 48.5 Å². The second-order valence-corrected chi connectivity index (χ2v) is 4.93. The largest absolute Gasteiger partial charge is 0.389 e. The molecule has 0 atom stereocenters. The summed E-state index contributed by atoms with van der Waals surface area (Å²) in [5, 5.41) is 3.29. The van der Waals surface area contributed by atoms with Gasteiger partial charge in [0.1, 0.15) is 4.99 Å². The van der Waals surface area contributed by atoms with Gasteiger partial charge in [0.25, 0.3) is 0 Å². The summed E-state index contributed by atoms with van der Waals surface area (Å²) in [4.78, 5) is 0.417. The zero-order valence-corrected chi connectivity index (χ0v) is 11.4. The van der Waals surface area contributed by atoms with Crippen LogP contribution in [0.1, 0.15) is 5.56 Å². The maximum absolute atomic E-state index is 5.54. The molecule has 0 aliphatic rings. The van der Waals surface area contributed by atoms with Crippen LogP contribution in [-0.4, -0.2) is 4.99 Å². The molecule has 0 saturated heterocycles. The third-order valence-electron chi connectivity index (χ3n) is 2.30. The summed E-state index contributed by atoms with van der Waals surface area (Å²) in [5.41, 5.74) is 8.46. The summed E-state index contributed by atoms with van der Waals surface area (Å²) in [5.74, 6) is 0. The monoisotopic (exact) mass is 306 g/mol. The Morgan fingerprint density at radius 2 is 1.41 bits per heavy atom. The van der Waals surface area contributed by atoms with Crippen molar-refractivity contribution in [3.63, 3.8) is 0 Å². The zero-order valence-electron chi connectivity index (χ0n) is 8.98. The van der Waals surface area contributed by atoms with E-state index in [-0.39, 0.29) is 0 Å². The molecule has 0 heterocycles. The van der Waals surface area contributed by atoms with Crippen LogP contribution in [0.2, 0.25) is 0 Å². The Morgan fingerprint density at radius 1 is 0.941 bits per heavy atom. The molecule has 17 heavy (non-hydrogen) atoms. The zero-order chi connectivity index (χ0) is 12.3. The lowest BCUT2D eigenvalue weighted by atomic mass is 10.2. The van der Waals surface area contributed by atoms with Gasteiger partial charge in [-0.15, -0.1) is 0 Å². The van der Waals surface area contributed by atoms with Crippen molar-refractivity contribution in [1.82, 2.24) is 0 Å². The Bertz CT molecular complexity index is 520. The summed E-state index contributed by atoms with van der Waals surface area (Å²) in [6.45, 7) is 0. The minimum atomic E-state index is 0.417. The fraction of sp³-hybridized carbons (Fsp3) is 0. The minimum absolute atomic E-state index is 0.417. The molecule has 2 rings (SSSR count). The van der Waals surface area contributed by atoms with E-state index in [1.807, 2.05) is 48.5 Å². The average molecular weight is 307 g/mol. The van der Waals surface area contributed by atoms with Crippen molar-refractivity contribution < 1.29 is 0 Å². The molecule has 0 aromatic heterocycles. The number of hydrogen-bond acceptors (Lipinski definition) is 2. The Hall–Kier alpha value is -1.39. The van der Waals surface area contributed by atoms with Crippen LogP contribution in [0, 0.1) is 0 Å². The van der Waals surface area contributed by atoms with Crippen molar-refractivity contribution in [3.8, 4) is 0 Å². The molecule has 2 aromatic carbocycles. The first-order valence-electron chi connectivity index (χ1n) is 5.07. The number of benzene rings is 2. The number of hydrogen-bond donors (Lipinski definition) is 2. The highest BCUT2D eigenvalue weighted by Crippen LogP contribution is 2.19. The number of nitrogens with one attached hydrogen (secondary N) is 1. The number of halogens is 1. The van der Waals surface area contributed by atoms with Gasteiger partial charge in [-0.1, -0.05) is 28.1 Å². The van der Waals surface area contributed by atoms with E-state index in [2.05, 4.69) is 21.2 Å². The summed E-state index contributed by atoms with van der Waals surface area (Å²) in [7, 11) is 0. The predicted octanol–water partition coefficient (Wildman–Crippen LogP) is 3.83. The predicted molar refractivity (Wildman–Crippen MR) is 79.8 cm³/mol. The first-order valence-corrected chi connectivity index (χ1v) is 6.28. The SMILES string of the molecule is NC(=S)c1ccc(Nc2ccc(Br)cc2)cc1. The minimum Gasteiger partial charge on any atom is -0.389 e. The quantitative estimate of drug-likeness (QED) is 0.847. The molecule has 86 valence electrons. The van der Waals surface area contributed by atoms with Gasteiger partial charge in [-0.2, -0.15) is 0 Å². The molecular weight excluding hydrogens is 296 g/mol. The summed E-state index contributed by atoms with van der Waals surface area (Å²) in [6.07, 6.45) is 0. The molecule has 0 unspecified atom stereocenters. The van der Waals surface area contributed by atoms with E-state index in [0.717, 1.165) is 21.4 Å². The molecule has 0 saturated carbocycles. The molecule has 0 radical (unpaired) electrons. The van der Waals surface area contributed by atoms with Crippen LogP contribution in [0.3, 0.4) is 0 Å². The van der Waals surface area contributed by atoms with Gasteiger partial charge in [-0.25, -0.2) is 0 Å². The Morgan fingerprint density at radius 3 is 1.88 bits per heavy atom. The standard InChI is InChI=1S/C13H11BrN2S/c14-10-3-7-12(8-4-10)16-11-5-1-9(2-6-11)13(15)17/h1-8,16H,(H2,15,17). The number of anilines is 2. The molecule has 0 bridgehead atoms. The highest BCUT2D eigenvalue weighted by Gasteiger charge is 1.97. The molecule has 0 spiro atoms. The smallest absolute Gasteiger partial charge is 0.103 e. The van der Waals surface area contributed by atoms with E-state index in [1.54, 1.807) is 0 Å². The van der Waals surface area contributed by atoms with Crippen LogP contribution < -0.4 is 11.1 Å². The van der Waals surface area contributed by atoms with E-state index >= 15 is 0 Å². The average Bonchev–Trinajstić information content (AvgIpc) is 2.33. The van der Waals surface area contributed by atoms with E-state index < -0.39 is 0 Å². The maximum Gasteiger partial charge on any atom is 0.103 e. The fourth-order valence-electron chi connectivity index (χ4n) is 1.42. The number of nitrogens with two attached hydrogens (primary N) is 1. The highest BCUT2D eigenvalue weighted by molar-refractivity contribution is 9.10. The number of thiocarbonyl (C=S) groups is 1. The lowest BCUT2D eigenvalue weighted by Crippen LogP contribution is -2.08. The van der Waals surface area contributed by atoms with Crippen LogP contribution in [0.4, 0.5) is 11.4 Å². The normalized spacial score (nSPS) is 9.94. The third-order valence-corrected chi connectivity index (χ3v) is 3.07.